The van der Waals surface area contributed by atoms with Crippen LogP contribution in [0, 0.1) is 11.3 Å². The van der Waals surface area contributed by atoms with E-state index in [9.17, 15) is 0 Å². The smallest absolute Gasteiger partial charge is 0.162 e. The van der Waals surface area contributed by atoms with Crippen LogP contribution in [0.5, 0.6) is 17.2 Å². The third-order valence-electron chi connectivity index (χ3n) is 7.33. The van der Waals surface area contributed by atoms with Crippen LogP contribution in [0.2, 0.25) is 0 Å². The lowest BCUT2D eigenvalue weighted by Crippen LogP contribution is -2.39. The van der Waals surface area contributed by atoms with Gasteiger partial charge < -0.3 is 19.2 Å². The van der Waals surface area contributed by atoms with E-state index >= 15 is 0 Å². The lowest BCUT2D eigenvalue weighted by molar-refractivity contribution is 0.158. The van der Waals surface area contributed by atoms with Crippen LogP contribution in [0.4, 0.5) is 0 Å². The first-order chi connectivity index (χ1) is 17.2. The molecule has 6 rings (SSSR count). The molecule has 6 nitrogen and oxygen atoms in total. The summed E-state index contributed by atoms with van der Waals surface area (Å²) in [7, 11) is 3.41. The van der Waals surface area contributed by atoms with Gasteiger partial charge in [0.2, 0.25) is 0 Å². The molecular weight excluding hydrogens is 438 g/mol. The number of nitrogens with one attached hydrogen (secondary N) is 1. The Bertz CT molecular complexity index is 1450. The molecule has 0 fully saturated rings. The molecule has 1 N–H and O–H groups in total. The summed E-state index contributed by atoms with van der Waals surface area (Å²) in [5.41, 5.74) is 8.15. The lowest BCUT2D eigenvalue weighted by Gasteiger charge is -2.40. The van der Waals surface area contributed by atoms with Crippen molar-refractivity contribution in [2.45, 2.75) is 32.0 Å². The molecule has 0 spiro atoms. The predicted octanol–water partition coefficient (Wildman–Crippen LogP) is 5.29. The van der Waals surface area contributed by atoms with Gasteiger partial charge in [-0.15, -0.1) is 0 Å². The molecule has 2 aliphatic heterocycles. The molecule has 35 heavy (non-hydrogen) atoms. The van der Waals surface area contributed by atoms with Gasteiger partial charge in [-0.25, -0.2) is 0 Å². The van der Waals surface area contributed by atoms with Crippen LogP contribution >= 0.6 is 0 Å². The van der Waals surface area contributed by atoms with E-state index in [0.717, 1.165) is 54.3 Å². The average molecular weight is 466 g/mol. The zero-order valence-corrected chi connectivity index (χ0v) is 19.9. The molecule has 1 atom stereocenters. The Morgan fingerprint density at radius 3 is 2.66 bits per heavy atom. The van der Waals surface area contributed by atoms with Gasteiger partial charge in [-0.3, -0.25) is 4.90 Å². The SMILES string of the molecule is COc1ccc2[nH]c3c(c2c1)CC1c2cc(OCc4ccc(C#N)cc4)c(OC)cc2CCN1C3. The first kappa shape index (κ1) is 21.6. The minimum Gasteiger partial charge on any atom is -0.497 e. The Kier molecular flexibility index (Phi) is 5.35. The number of methoxy groups -OCH3 is 2. The molecule has 3 aromatic carbocycles. The number of ether oxygens (including phenoxy) is 3. The van der Waals surface area contributed by atoms with Crippen LogP contribution in [0.3, 0.4) is 0 Å². The maximum atomic E-state index is 9.03. The number of nitriles is 1. The second kappa shape index (κ2) is 8.68. The lowest BCUT2D eigenvalue weighted by atomic mass is 9.85. The Morgan fingerprint density at radius 1 is 1.03 bits per heavy atom. The van der Waals surface area contributed by atoms with E-state index in [1.807, 2.05) is 30.3 Å². The number of hydrogen-bond acceptors (Lipinski definition) is 5. The molecule has 0 bridgehead atoms. The minimum atomic E-state index is 0.291. The maximum absolute atomic E-state index is 9.03. The highest BCUT2D eigenvalue weighted by Crippen LogP contribution is 2.44. The highest BCUT2D eigenvalue weighted by Gasteiger charge is 2.34. The third-order valence-corrected chi connectivity index (χ3v) is 7.33. The van der Waals surface area contributed by atoms with E-state index < -0.39 is 0 Å². The second-order valence-corrected chi connectivity index (χ2v) is 9.23. The van der Waals surface area contributed by atoms with Crippen molar-refractivity contribution in [3.05, 3.63) is 88.1 Å². The zero-order valence-electron chi connectivity index (χ0n) is 19.9. The number of rotatable bonds is 5. The van der Waals surface area contributed by atoms with Crippen molar-refractivity contribution in [2.24, 2.45) is 0 Å². The van der Waals surface area contributed by atoms with Crippen LogP contribution in [0.25, 0.3) is 10.9 Å². The first-order valence-corrected chi connectivity index (χ1v) is 11.9. The zero-order chi connectivity index (χ0) is 23.9. The number of fused-ring (bicyclic) bond motifs is 6. The van der Waals surface area contributed by atoms with Crippen LogP contribution < -0.4 is 14.2 Å². The predicted molar refractivity (Wildman–Crippen MR) is 134 cm³/mol. The molecule has 2 aliphatic rings. The third kappa shape index (κ3) is 3.78. The van der Waals surface area contributed by atoms with E-state index in [1.165, 1.54) is 27.8 Å². The number of aromatic amines is 1. The topological polar surface area (TPSA) is 70.5 Å². The molecule has 1 aromatic heterocycles. The Hall–Kier alpha value is -3.95. The van der Waals surface area contributed by atoms with Crippen LogP contribution in [-0.4, -0.2) is 30.6 Å². The van der Waals surface area contributed by atoms with Crippen molar-refractivity contribution in [3.8, 4) is 23.3 Å². The highest BCUT2D eigenvalue weighted by atomic mass is 16.5. The first-order valence-electron chi connectivity index (χ1n) is 11.9. The van der Waals surface area contributed by atoms with Gasteiger partial charge in [0.25, 0.3) is 0 Å². The van der Waals surface area contributed by atoms with Crippen molar-refractivity contribution in [1.82, 2.24) is 9.88 Å². The van der Waals surface area contributed by atoms with Gasteiger partial charge in [0.1, 0.15) is 12.4 Å². The van der Waals surface area contributed by atoms with E-state index in [-0.39, 0.29) is 0 Å². The highest BCUT2D eigenvalue weighted by molar-refractivity contribution is 5.86. The van der Waals surface area contributed by atoms with Crippen molar-refractivity contribution >= 4 is 10.9 Å². The summed E-state index contributed by atoms with van der Waals surface area (Å²) in [6.45, 7) is 2.34. The summed E-state index contributed by atoms with van der Waals surface area (Å²) >= 11 is 0. The molecule has 0 amide bonds. The summed E-state index contributed by atoms with van der Waals surface area (Å²) in [5.74, 6) is 2.40. The number of benzene rings is 3. The maximum Gasteiger partial charge on any atom is 0.162 e. The number of H-pyrrole nitrogens is 1. The molecule has 0 saturated carbocycles. The quantitative estimate of drug-likeness (QED) is 0.434. The molecule has 4 aromatic rings. The number of hydrogen-bond donors (Lipinski definition) is 1. The average Bonchev–Trinajstić information content (AvgIpc) is 3.26. The largest absolute Gasteiger partial charge is 0.497 e. The fourth-order valence-corrected chi connectivity index (χ4v) is 5.47. The molecule has 0 radical (unpaired) electrons. The summed E-state index contributed by atoms with van der Waals surface area (Å²) in [4.78, 5) is 6.20. The minimum absolute atomic E-state index is 0.291. The molecule has 0 saturated heterocycles. The molecule has 176 valence electrons. The van der Waals surface area contributed by atoms with Crippen LogP contribution in [0.15, 0.2) is 54.6 Å². The van der Waals surface area contributed by atoms with Gasteiger partial charge in [0.15, 0.2) is 11.5 Å². The summed E-state index contributed by atoms with van der Waals surface area (Å²) in [6.07, 6.45) is 1.93. The van der Waals surface area contributed by atoms with Crippen LogP contribution in [0.1, 0.15) is 39.6 Å². The van der Waals surface area contributed by atoms with E-state index in [0.29, 0.717) is 18.2 Å². The van der Waals surface area contributed by atoms with Crippen molar-refractivity contribution in [3.63, 3.8) is 0 Å². The van der Waals surface area contributed by atoms with Gasteiger partial charge in [-0.2, -0.15) is 5.26 Å². The van der Waals surface area contributed by atoms with Crippen LogP contribution in [-0.2, 0) is 26.0 Å². The Morgan fingerprint density at radius 2 is 1.89 bits per heavy atom. The molecule has 6 heteroatoms. The number of nitrogens with zero attached hydrogens (tertiary/aromatic N) is 2. The molecule has 3 heterocycles. The number of aromatic nitrogens is 1. The van der Waals surface area contributed by atoms with Gasteiger partial charge >= 0.3 is 0 Å². The summed E-state index contributed by atoms with van der Waals surface area (Å²) in [6, 6.07) is 20.5. The fourth-order valence-electron chi connectivity index (χ4n) is 5.47. The monoisotopic (exact) mass is 465 g/mol. The molecule has 0 aliphatic carbocycles. The Balaban J connectivity index is 1.33. The second-order valence-electron chi connectivity index (χ2n) is 9.23. The summed E-state index contributed by atoms with van der Waals surface area (Å²) < 4.78 is 17.4. The fraction of sp³-hybridized carbons (Fsp3) is 0.276. The Labute approximate surface area is 204 Å². The van der Waals surface area contributed by atoms with Gasteiger partial charge in [0, 0.05) is 35.7 Å². The normalized spacial score (nSPS) is 16.7. The summed E-state index contributed by atoms with van der Waals surface area (Å²) in [5, 5.41) is 10.3. The van der Waals surface area contributed by atoms with Gasteiger partial charge in [-0.1, -0.05) is 12.1 Å². The molecular formula is C29H27N3O3. The van der Waals surface area contributed by atoms with E-state index in [1.54, 1.807) is 14.2 Å². The van der Waals surface area contributed by atoms with Gasteiger partial charge in [0.05, 0.1) is 25.9 Å². The standard InChI is InChI=1S/C29H27N3O3/c1-33-21-7-8-25-23(12-21)24-13-27-22-14-29(35-17-19-5-3-18(15-30)4-6-19)28(34-2)11-20(22)9-10-32(27)16-26(24)31-25/h3-8,11-12,14,27,31H,9-10,13,16-17H2,1-2H3. The van der Waals surface area contributed by atoms with Gasteiger partial charge in [-0.05, 0) is 77.6 Å². The molecule has 1 unspecified atom stereocenters. The van der Waals surface area contributed by atoms with Crippen molar-refractivity contribution < 1.29 is 14.2 Å². The van der Waals surface area contributed by atoms with E-state index in [4.69, 9.17) is 19.5 Å². The van der Waals surface area contributed by atoms with Crippen molar-refractivity contribution in [1.29, 1.82) is 5.26 Å². The van der Waals surface area contributed by atoms with Crippen molar-refractivity contribution in [2.75, 3.05) is 20.8 Å². The van der Waals surface area contributed by atoms with E-state index in [2.05, 4.69) is 40.2 Å².